The molecule has 5 rings (SSSR count). The lowest BCUT2D eigenvalue weighted by molar-refractivity contribution is -0.113. The zero-order valence-corrected chi connectivity index (χ0v) is 18.5. The molecule has 2 atom stereocenters. The van der Waals surface area contributed by atoms with E-state index in [0.29, 0.717) is 34.5 Å². The monoisotopic (exact) mass is 440 g/mol. The molecule has 0 radical (unpaired) electrons. The van der Waals surface area contributed by atoms with Crippen molar-refractivity contribution in [3.05, 3.63) is 49.5 Å². The number of anilines is 1. The molecule has 162 valence electrons. The Morgan fingerprint density at radius 2 is 1.81 bits per heavy atom. The highest BCUT2D eigenvalue weighted by molar-refractivity contribution is 7.07. The zero-order valence-electron chi connectivity index (χ0n) is 17.7. The van der Waals surface area contributed by atoms with Crippen molar-refractivity contribution < 1.29 is 9.59 Å². The number of nitrogens with one attached hydrogen (secondary N) is 1. The van der Waals surface area contributed by atoms with Gasteiger partial charge in [0.2, 0.25) is 4.80 Å². The van der Waals surface area contributed by atoms with Gasteiger partial charge in [-0.3, -0.25) is 29.4 Å². The number of amides is 3. The lowest BCUT2D eigenvalue weighted by Crippen LogP contribution is -2.53. The summed E-state index contributed by atoms with van der Waals surface area (Å²) in [6.07, 6.45) is -0.101. The van der Waals surface area contributed by atoms with Crippen LogP contribution >= 0.6 is 11.3 Å². The molecule has 2 unspecified atom stereocenters. The number of carbonyl (C=O) groups excluding carboxylic acids is 2. The van der Waals surface area contributed by atoms with E-state index in [0.717, 1.165) is 17.7 Å². The van der Waals surface area contributed by atoms with Crippen LogP contribution in [-0.2, 0) is 4.79 Å². The van der Waals surface area contributed by atoms with Crippen LogP contribution in [-0.4, -0.2) is 52.1 Å². The molecule has 31 heavy (non-hydrogen) atoms. The highest BCUT2D eigenvalue weighted by Gasteiger charge is 2.48. The fraction of sp³-hybridized carbons (Fsp3) is 0.429. The lowest BCUT2D eigenvalue weighted by Gasteiger charge is -2.29. The van der Waals surface area contributed by atoms with Crippen LogP contribution in [0.5, 0.6) is 0 Å². The molecule has 0 spiro atoms. The third-order valence-corrected chi connectivity index (χ3v) is 7.13. The van der Waals surface area contributed by atoms with Gasteiger partial charge in [0.1, 0.15) is 4.53 Å². The van der Waals surface area contributed by atoms with Gasteiger partial charge in [-0.15, -0.1) is 5.10 Å². The van der Waals surface area contributed by atoms with Crippen molar-refractivity contribution in [2.75, 3.05) is 24.5 Å². The first-order valence-electron chi connectivity index (χ1n) is 10.6. The first-order valence-corrected chi connectivity index (χ1v) is 11.4. The van der Waals surface area contributed by atoms with Gasteiger partial charge in [0.05, 0.1) is 11.3 Å². The second-order valence-corrected chi connectivity index (χ2v) is 8.67. The number of fused-ring (bicyclic) bond motifs is 4. The zero-order chi connectivity index (χ0) is 21.9. The number of urea groups is 1. The number of hydrogen-bond donors (Lipinski definition) is 1. The minimum Gasteiger partial charge on any atom is -0.308 e. The van der Waals surface area contributed by atoms with Crippen LogP contribution in [0, 0.1) is 0 Å². The number of likely N-dealkylation sites (N-methyl/N-ethyl adjacent to an activating group) is 2. The Kier molecular flexibility index (Phi) is 4.62. The highest BCUT2D eigenvalue weighted by Crippen LogP contribution is 2.35. The van der Waals surface area contributed by atoms with Gasteiger partial charge >= 0.3 is 6.03 Å². The summed E-state index contributed by atoms with van der Waals surface area (Å²) >= 11 is 1.20. The maximum Gasteiger partial charge on any atom is 0.323 e. The summed E-state index contributed by atoms with van der Waals surface area (Å²) in [7, 11) is 0. The van der Waals surface area contributed by atoms with Gasteiger partial charge < -0.3 is 4.90 Å². The van der Waals surface area contributed by atoms with Gasteiger partial charge in [-0.1, -0.05) is 36.5 Å². The molecule has 10 heteroatoms. The SMILES string of the molecule is CCCN1C(=O)/C(=c2\sc3n(c2=O)C2C(NN=3)N(CC)C(=O)N2CC)c2ccccc21. The molecule has 1 saturated heterocycles. The van der Waals surface area contributed by atoms with Crippen molar-refractivity contribution in [3.63, 3.8) is 0 Å². The topological polar surface area (TPSA) is 90.2 Å². The van der Waals surface area contributed by atoms with Crippen molar-refractivity contribution in [2.24, 2.45) is 5.10 Å². The summed E-state index contributed by atoms with van der Waals surface area (Å²) in [6, 6.07) is 7.45. The smallest absolute Gasteiger partial charge is 0.308 e. The average Bonchev–Trinajstić information content (AvgIpc) is 3.35. The Morgan fingerprint density at radius 3 is 2.52 bits per heavy atom. The van der Waals surface area contributed by atoms with Crippen LogP contribution in [0.3, 0.4) is 0 Å². The number of aromatic nitrogens is 1. The predicted octanol–water partition coefficient (Wildman–Crippen LogP) is 0.605. The van der Waals surface area contributed by atoms with Crippen molar-refractivity contribution in [3.8, 4) is 0 Å². The Labute approximate surface area is 182 Å². The number of benzene rings is 1. The molecule has 9 nitrogen and oxygen atoms in total. The lowest BCUT2D eigenvalue weighted by atomic mass is 10.1. The number of hydrogen-bond acceptors (Lipinski definition) is 6. The molecule has 3 aliphatic rings. The van der Waals surface area contributed by atoms with Crippen molar-refractivity contribution in [1.82, 2.24) is 19.8 Å². The number of para-hydroxylation sites is 1. The van der Waals surface area contributed by atoms with Crippen molar-refractivity contribution in [1.29, 1.82) is 0 Å². The van der Waals surface area contributed by atoms with E-state index in [1.54, 1.807) is 19.3 Å². The second kappa shape index (κ2) is 7.23. The van der Waals surface area contributed by atoms with Gasteiger partial charge in [-0.05, 0) is 26.3 Å². The molecule has 1 aromatic heterocycles. The molecule has 0 aliphatic carbocycles. The molecular formula is C21H24N6O3S. The molecule has 1 aromatic carbocycles. The Balaban J connectivity index is 1.75. The van der Waals surface area contributed by atoms with Gasteiger partial charge in [0.25, 0.3) is 11.5 Å². The van der Waals surface area contributed by atoms with Gasteiger partial charge in [-0.25, -0.2) is 4.79 Å². The largest absolute Gasteiger partial charge is 0.323 e. The first kappa shape index (κ1) is 19.8. The van der Waals surface area contributed by atoms with E-state index in [4.69, 9.17) is 0 Å². The molecule has 0 saturated carbocycles. The van der Waals surface area contributed by atoms with E-state index in [1.165, 1.54) is 11.3 Å². The van der Waals surface area contributed by atoms with Crippen molar-refractivity contribution in [2.45, 2.75) is 39.5 Å². The average molecular weight is 441 g/mol. The van der Waals surface area contributed by atoms with Crippen LogP contribution < -0.4 is 25.2 Å². The third-order valence-electron chi connectivity index (χ3n) is 6.08. The summed E-state index contributed by atoms with van der Waals surface area (Å²) < 4.78 is 1.94. The van der Waals surface area contributed by atoms with E-state index < -0.39 is 12.3 Å². The van der Waals surface area contributed by atoms with Crippen LogP contribution in [0.1, 0.15) is 38.9 Å². The van der Waals surface area contributed by atoms with Gasteiger partial charge in [0, 0.05) is 25.2 Å². The number of rotatable bonds is 4. The summed E-state index contributed by atoms with van der Waals surface area (Å²) in [5.74, 6) is -0.158. The molecule has 3 amide bonds. The standard InChI is InChI=1S/C21H24N6O3S/c1-4-11-26-13-10-8-7-9-12(13)14(18(26)28)15-19(29)27-17-16(22-23-20(27)31-15)24(5-2)21(30)25(17)6-3/h7-10,16-17,22H,4-6,11H2,1-3H3/b15-14-. The third kappa shape index (κ3) is 2.60. The van der Waals surface area contributed by atoms with Crippen LogP contribution in [0.15, 0.2) is 34.2 Å². The minimum atomic E-state index is -0.499. The highest BCUT2D eigenvalue weighted by atomic mass is 32.1. The fourth-order valence-corrected chi connectivity index (χ4v) is 5.77. The minimum absolute atomic E-state index is 0.126. The van der Waals surface area contributed by atoms with Crippen molar-refractivity contribution >= 4 is 34.5 Å². The predicted molar refractivity (Wildman–Crippen MR) is 117 cm³/mol. The second-order valence-electron chi connectivity index (χ2n) is 7.69. The molecule has 1 fully saturated rings. The molecule has 3 aliphatic heterocycles. The number of thiazole rings is 1. The molecular weight excluding hydrogens is 416 g/mol. The molecule has 2 aromatic rings. The normalized spacial score (nSPS) is 23.5. The molecule has 1 N–H and O–H groups in total. The van der Waals surface area contributed by atoms with E-state index >= 15 is 0 Å². The van der Waals surface area contributed by atoms with Crippen LogP contribution in [0.4, 0.5) is 10.5 Å². The number of nitrogens with zero attached hydrogens (tertiary/aromatic N) is 5. The van der Waals surface area contributed by atoms with Gasteiger partial charge in [0.15, 0.2) is 12.3 Å². The quantitative estimate of drug-likeness (QED) is 0.754. The molecule has 0 bridgehead atoms. The maximum atomic E-state index is 13.7. The first-order chi connectivity index (χ1) is 15.0. The Bertz CT molecular complexity index is 1260. The summed E-state index contributed by atoms with van der Waals surface area (Å²) in [5, 5.41) is 4.40. The van der Waals surface area contributed by atoms with E-state index in [9.17, 15) is 14.4 Å². The number of carbonyl (C=O) groups is 2. The van der Waals surface area contributed by atoms with Crippen LogP contribution in [0.2, 0.25) is 0 Å². The fourth-order valence-electron chi connectivity index (χ4n) is 4.71. The summed E-state index contributed by atoms with van der Waals surface area (Å²) in [5.41, 5.74) is 4.80. The van der Waals surface area contributed by atoms with E-state index in [-0.39, 0.29) is 17.5 Å². The maximum absolute atomic E-state index is 13.7. The molecule has 4 heterocycles. The summed E-state index contributed by atoms with van der Waals surface area (Å²) in [6.45, 7) is 7.39. The Hall–Kier alpha value is -3.14. The van der Waals surface area contributed by atoms with E-state index in [1.807, 2.05) is 45.0 Å². The summed E-state index contributed by atoms with van der Waals surface area (Å²) in [4.78, 5) is 45.4. The van der Waals surface area contributed by atoms with Crippen LogP contribution in [0.25, 0.3) is 5.57 Å². The Morgan fingerprint density at radius 1 is 1.06 bits per heavy atom. The van der Waals surface area contributed by atoms with E-state index in [2.05, 4.69) is 10.5 Å². The van der Waals surface area contributed by atoms with Gasteiger partial charge in [-0.2, -0.15) is 0 Å².